The number of carbonyl (C=O) groups is 2. The predicted molar refractivity (Wildman–Crippen MR) is 76.8 cm³/mol. The van der Waals surface area contributed by atoms with Crippen molar-refractivity contribution in [1.82, 2.24) is 0 Å². The molecule has 0 spiro atoms. The fourth-order valence-corrected chi connectivity index (χ4v) is 1.64. The van der Waals surface area contributed by atoms with Crippen LogP contribution in [0.3, 0.4) is 0 Å². The molecule has 1 aromatic rings. The van der Waals surface area contributed by atoms with E-state index in [4.69, 9.17) is 0 Å². The second-order valence-electron chi connectivity index (χ2n) is 5.57. The van der Waals surface area contributed by atoms with E-state index in [1.54, 1.807) is 26.0 Å². The number of nitrogens with one attached hydrogen (secondary N) is 1. The van der Waals surface area contributed by atoms with Gasteiger partial charge in [0, 0.05) is 19.5 Å². The van der Waals surface area contributed by atoms with E-state index in [-0.39, 0.29) is 5.56 Å². The maximum atomic E-state index is 13.2. The molecule has 0 bridgehead atoms. The summed E-state index contributed by atoms with van der Waals surface area (Å²) in [4.78, 5) is 23.2. The number of methoxy groups -OCH3 is 1. The van der Waals surface area contributed by atoms with Crippen LogP contribution >= 0.6 is 0 Å². The first-order chi connectivity index (χ1) is 9.55. The average molecular weight is 297 g/mol. The van der Waals surface area contributed by atoms with Gasteiger partial charge in [-0.15, -0.1) is 0 Å². The Labute approximate surface area is 123 Å². The molecule has 0 unspecified atom stereocenters. The minimum absolute atomic E-state index is 0.224. The van der Waals surface area contributed by atoms with Gasteiger partial charge in [0.1, 0.15) is 5.54 Å². The molecule has 1 rings (SSSR count). The first-order valence-corrected chi connectivity index (χ1v) is 6.44. The van der Waals surface area contributed by atoms with Crippen molar-refractivity contribution < 1.29 is 23.5 Å². The second-order valence-corrected chi connectivity index (χ2v) is 5.57. The van der Waals surface area contributed by atoms with Gasteiger partial charge in [-0.2, -0.15) is 4.39 Å². The van der Waals surface area contributed by atoms with Gasteiger partial charge in [-0.05, 0) is 38.1 Å². The van der Waals surface area contributed by atoms with Crippen LogP contribution in [0.1, 0.15) is 38.1 Å². The summed E-state index contributed by atoms with van der Waals surface area (Å²) in [6.45, 7) is 5.65. The molecule has 5 nitrogen and oxygen atoms in total. The zero-order valence-corrected chi connectivity index (χ0v) is 12.8. The molecular formula is C15H20FNO4. The van der Waals surface area contributed by atoms with E-state index >= 15 is 0 Å². The van der Waals surface area contributed by atoms with Crippen LogP contribution in [-0.4, -0.2) is 30.4 Å². The average Bonchev–Trinajstić information content (AvgIpc) is 2.36. The Morgan fingerprint density at radius 2 is 1.62 bits per heavy atom. The van der Waals surface area contributed by atoms with Crippen LogP contribution in [0.4, 0.5) is 10.1 Å². The summed E-state index contributed by atoms with van der Waals surface area (Å²) in [6.07, 6.45) is 0. The van der Waals surface area contributed by atoms with Crippen LogP contribution in [0.15, 0.2) is 24.3 Å². The molecule has 0 radical (unpaired) electrons. The van der Waals surface area contributed by atoms with E-state index in [1.807, 2.05) is 0 Å². The molecule has 0 aliphatic heterocycles. The van der Waals surface area contributed by atoms with E-state index in [0.29, 0.717) is 5.69 Å². The lowest BCUT2D eigenvalue weighted by atomic mass is 10.1. The summed E-state index contributed by atoms with van der Waals surface area (Å²) < 4.78 is 22.6. The quantitative estimate of drug-likeness (QED) is 0.847. The van der Waals surface area contributed by atoms with Gasteiger partial charge in [0.15, 0.2) is 0 Å². The minimum atomic E-state index is -2.03. The number of alkyl halides is 1. The molecule has 0 aromatic heterocycles. The first kappa shape index (κ1) is 16.9. The lowest BCUT2D eigenvalue weighted by molar-refractivity contribution is -0.144. The highest BCUT2D eigenvalue weighted by atomic mass is 19.2. The Balaban J connectivity index is 2.79. The lowest BCUT2D eigenvalue weighted by Crippen LogP contribution is -2.41. The summed E-state index contributed by atoms with van der Waals surface area (Å²) in [6, 6.07) is 6.19. The molecule has 0 saturated heterocycles. The Bertz CT molecular complexity index is 517. The van der Waals surface area contributed by atoms with Crippen molar-refractivity contribution >= 4 is 17.6 Å². The van der Waals surface area contributed by atoms with Crippen molar-refractivity contribution in [2.24, 2.45) is 0 Å². The molecule has 116 valence electrons. The molecule has 0 atom stereocenters. The van der Waals surface area contributed by atoms with E-state index in [0.717, 1.165) is 13.8 Å². The van der Waals surface area contributed by atoms with Crippen LogP contribution in [0.25, 0.3) is 0 Å². The van der Waals surface area contributed by atoms with E-state index < -0.39 is 23.3 Å². The number of carbonyl (C=O) groups excluding carboxylic acids is 2. The molecule has 0 fully saturated rings. The largest absolute Gasteiger partial charge is 0.467 e. The Morgan fingerprint density at radius 1 is 1.10 bits per heavy atom. The molecule has 0 amide bonds. The van der Waals surface area contributed by atoms with Crippen LogP contribution < -0.4 is 5.32 Å². The Hall–Kier alpha value is -2.11. The second kappa shape index (κ2) is 6.11. The molecule has 0 aliphatic rings. The molecule has 6 heteroatoms. The summed E-state index contributed by atoms with van der Waals surface area (Å²) in [5, 5.41) is 2.98. The standard InChI is InChI=1S/C15H20FNO4/c1-14(2,13(19)20-5)17-11-8-6-10(7-9-11)12(18)21-15(3,4)16/h6-9,17H,1-5H3. The number of benzene rings is 1. The van der Waals surface area contributed by atoms with Gasteiger partial charge < -0.3 is 14.8 Å². The highest BCUT2D eigenvalue weighted by molar-refractivity contribution is 5.90. The summed E-state index contributed by atoms with van der Waals surface area (Å²) >= 11 is 0. The normalized spacial score (nSPS) is 11.7. The zero-order chi connectivity index (χ0) is 16.3. The Kier molecular flexibility index (Phi) is 4.93. The van der Waals surface area contributed by atoms with Gasteiger partial charge in [-0.1, -0.05) is 0 Å². The highest BCUT2D eigenvalue weighted by Gasteiger charge is 2.28. The zero-order valence-electron chi connectivity index (χ0n) is 12.8. The monoisotopic (exact) mass is 297 g/mol. The molecule has 0 saturated carbocycles. The Morgan fingerprint density at radius 3 is 2.05 bits per heavy atom. The van der Waals surface area contributed by atoms with Crippen LogP contribution in [0.5, 0.6) is 0 Å². The van der Waals surface area contributed by atoms with Gasteiger partial charge >= 0.3 is 11.9 Å². The molecule has 21 heavy (non-hydrogen) atoms. The third-order valence-electron chi connectivity index (χ3n) is 2.61. The molecule has 0 heterocycles. The van der Waals surface area contributed by atoms with Gasteiger partial charge in [-0.3, -0.25) is 0 Å². The van der Waals surface area contributed by atoms with Crippen molar-refractivity contribution in [3.05, 3.63) is 29.8 Å². The topological polar surface area (TPSA) is 64.6 Å². The van der Waals surface area contributed by atoms with Gasteiger partial charge in [-0.25, -0.2) is 9.59 Å². The third kappa shape index (κ3) is 5.06. The number of esters is 2. The van der Waals surface area contributed by atoms with Crippen LogP contribution in [0, 0.1) is 0 Å². The van der Waals surface area contributed by atoms with E-state index in [2.05, 4.69) is 14.8 Å². The molecule has 1 N–H and O–H groups in total. The van der Waals surface area contributed by atoms with E-state index in [1.165, 1.54) is 19.2 Å². The van der Waals surface area contributed by atoms with Crippen molar-refractivity contribution in [2.45, 2.75) is 39.1 Å². The fraction of sp³-hybridized carbons (Fsp3) is 0.467. The van der Waals surface area contributed by atoms with Crippen molar-refractivity contribution in [2.75, 3.05) is 12.4 Å². The molecule has 0 aliphatic carbocycles. The van der Waals surface area contributed by atoms with Crippen LogP contribution in [0.2, 0.25) is 0 Å². The fourth-order valence-electron chi connectivity index (χ4n) is 1.64. The molecule has 1 aromatic carbocycles. The lowest BCUT2D eigenvalue weighted by Gasteiger charge is -2.24. The van der Waals surface area contributed by atoms with Gasteiger partial charge in [0.25, 0.3) is 0 Å². The molecular weight excluding hydrogens is 277 g/mol. The summed E-state index contributed by atoms with van der Waals surface area (Å²) in [5.41, 5.74) is -0.0545. The van der Waals surface area contributed by atoms with Gasteiger partial charge in [0.05, 0.1) is 12.7 Å². The highest BCUT2D eigenvalue weighted by Crippen LogP contribution is 2.19. The van der Waals surface area contributed by atoms with Crippen LogP contribution in [-0.2, 0) is 14.3 Å². The smallest absolute Gasteiger partial charge is 0.340 e. The summed E-state index contributed by atoms with van der Waals surface area (Å²) in [5.74, 6) is -3.19. The van der Waals surface area contributed by atoms with Crippen molar-refractivity contribution in [1.29, 1.82) is 0 Å². The minimum Gasteiger partial charge on any atom is -0.467 e. The predicted octanol–water partition coefficient (Wildman–Crippen LogP) is 2.91. The third-order valence-corrected chi connectivity index (χ3v) is 2.61. The number of rotatable bonds is 5. The maximum Gasteiger partial charge on any atom is 0.340 e. The van der Waals surface area contributed by atoms with E-state index in [9.17, 15) is 14.0 Å². The number of anilines is 1. The number of hydrogen-bond acceptors (Lipinski definition) is 5. The number of hydrogen-bond donors (Lipinski definition) is 1. The van der Waals surface area contributed by atoms with Gasteiger partial charge in [0.2, 0.25) is 5.85 Å². The van der Waals surface area contributed by atoms with Crippen molar-refractivity contribution in [3.63, 3.8) is 0 Å². The summed E-state index contributed by atoms with van der Waals surface area (Å²) in [7, 11) is 1.31. The SMILES string of the molecule is COC(=O)C(C)(C)Nc1ccc(C(=O)OC(C)(C)F)cc1. The van der Waals surface area contributed by atoms with Crippen molar-refractivity contribution in [3.8, 4) is 0 Å². The number of halogens is 1. The maximum absolute atomic E-state index is 13.2. The first-order valence-electron chi connectivity index (χ1n) is 6.44. The number of ether oxygens (including phenoxy) is 2.